The highest BCUT2D eigenvalue weighted by Crippen LogP contribution is 2.33. The molecule has 1 aromatic rings. The summed E-state index contributed by atoms with van der Waals surface area (Å²) in [6, 6.07) is 5.09. The molecule has 2 unspecified atom stereocenters. The summed E-state index contributed by atoms with van der Waals surface area (Å²) in [5.74, 6) is -2.28. The molecule has 0 saturated heterocycles. The molecule has 1 N–H and O–H groups in total. The molecule has 0 fully saturated rings. The van der Waals surface area contributed by atoms with Crippen LogP contribution in [-0.4, -0.2) is 24.5 Å². The molecule has 0 aliphatic heterocycles. The monoisotopic (exact) mass is 278 g/mol. The van der Waals surface area contributed by atoms with E-state index in [1.807, 2.05) is 0 Å². The highest BCUT2D eigenvalue weighted by Gasteiger charge is 2.34. The Morgan fingerprint density at radius 2 is 1.89 bits per heavy atom. The minimum Gasteiger partial charge on any atom is -0.469 e. The standard InChI is InChI=1S/C12H13F3O4/c1-7(11(17)18-2)10(16)8-5-3-4-6-9(8)19-12(13,14)15/h3-7,10,16H,1-2H3. The van der Waals surface area contributed by atoms with E-state index < -0.39 is 30.1 Å². The summed E-state index contributed by atoms with van der Waals surface area (Å²) in [5, 5.41) is 9.92. The third-order valence-corrected chi connectivity index (χ3v) is 2.51. The molecule has 0 bridgehead atoms. The topological polar surface area (TPSA) is 55.8 Å². The maximum absolute atomic E-state index is 12.2. The third kappa shape index (κ3) is 4.13. The predicted octanol–water partition coefficient (Wildman–Crippen LogP) is 2.43. The number of para-hydroxylation sites is 1. The van der Waals surface area contributed by atoms with Crippen LogP contribution in [0, 0.1) is 5.92 Å². The fraction of sp³-hybridized carbons (Fsp3) is 0.417. The quantitative estimate of drug-likeness (QED) is 0.859. The second kappa shape index (κ2) is 5.92. The largest absolute Gasteiger partial charge is 0.573 e. The minimum atomic E-state index is -4.87. The Morgan fingerprint density at radius 1 is 1.32 bits per heavy atom. The van der Waals surface area contributed by atoms with Crippen LogP contribution in [0.3, 0.4) is 0 Å². The number of esters is 1. The van der Waals surface area contributed by atoms with E-state index in [0.717, 1.165) is 13.2 Å². The summed E-state index contributed by atoms with van der Waals surface area (Å²) < 4.78 is 44.9. The van der Waals surface area contributed by atoms with Crippen molar-refractivity contribution in [2.24, 2.45) is 5.92 Å². The Morgan fingerprint density at radius 3 is 2.42 bits per heavy atom. The summed E-state index contributed by atoms with van der Waals surface area (Å²) in [4.78, 5) is 11.3. The highest BCUT2D eigenvalue weighted by molar-refractivity contribution is 5.73. The predicted molar refractivity (Wildman–Crippen MR) is 59.3 cm³/mol. The number of rotatable bonds is 4. The Kier molecular flexibility index (Phi) is 4.77. The number of ether oxygens (including phenoxy) is 2. The van der Waals surface area contributed by atoms with Crippen molar-refractivity contribution < 1.29 is 32.5 Å². The molecule has 1 rings (SSSR count). The van der Waals surface area contributed by atoms with E-state index in [1.54, 1.807) is 0 Å². The zero-order valence-corrected chi connectivity index (χ0v) is 10.3. The molecule has 4 nitrogen and oxygen atoms in total. The maximum atomic E-state index is 12.2. The van der Waals surface area contributed by atoms with Gasteiger partial charge in [-0.3, -0.25) is 4.79 Å². The number of hydrogen-bond acceptors (Lipinski definition) is 4. The SMILES string of the molecule is COC(=O)C(C)C(O)c1ccccc1OC(F)(F)F. The first-order valence-corrected chi connectivity index (χ1v) is 5.37. The van der Waals surface area contributed by atoms with Crippen molar-refractivity contribution in [2.45, 2.75) is 19.4 Å². The van der Waals surface area contributed by atoms with Gasteiger partial charge in [0, 0.05) is 5.56 Å². The zero-order chi connectivity index (χ0) is 14.6. The van der Waals surface area contributed by atoms with Crippen LogP contribution in [0.2, 0.25) is 0 Å². The number of benzene rings is 1. The molecule has 0 amide bonds. The van der Waals surface area contributed by atoms with Gasteiger partial charge in [-0.1, -0.05) is 18.2 Å². The van der Waals surface area contributed by atoms with Crippen LogP contribution >= 0.6 is 0 Å². The highest BCUT2D eigenvalue weighted by atomic mass is 19.4. The minimum absolute atomic E-state index is 0.127. The second-order valence-electron chi connectivity index (χ2n) is 3.84. The smallest absolute Gasteiger partial charge is 0.469 e. The van der Waals surface area contributed by atoms with E-state index in [0.29, 0.717) is 0 Å². The van der Waals surface area contributed by atoms with Gasteiger partial charge in [0.2, 0.25) is 0 Å². The van der Waals surface area contributed by atoms with Crippen molar-refractivity contribution in [3.63, 3.8) is 0 Å². The number of hydrogen-bond donors (Lipinski definition) is 1. The van der Waals surface area contributed by atoms with Crippen LogP contribution in [0.1, 0.15) is 18.6 Å². The van der Waals surface area contributed by atoms with Crippen LogP contribution in [0.5, 0.6) is 5.75 Å². The van der Waals surface area contributed by atoms with E-state index in [-0.39, 0.29) is 5.56 Å². The maximum Gasteiger partial charge on any atom is 0.573 e. The van der Waals surface area contributed by atoms with Gasteiger partial charge in [-0.2, -0.15) is 0 Å². The average molecular weight is 278 g/mol. The van der Waals surface area contributed by atoms with Gasteiger partial charge in [0.25, 0.3) is 0 Å². The van der Waals surface area contributed by atoms with Crippen molar-refractivity contribution in [3.8, 4) is 5.75 Å². The molecule has 106 valence electrons. The Bertz CT molecular complexity index is 445. The van der Waals surface area contributed by atoms with Crippen LogP contribution < -0.4 is 4.74 Å². The molecule has 2 atom stereocenters. The van der Waals surface area contributed by atoms with E-state index in [1.165, 1.54) is 25.1 Å². The van der Waals surface area contributed by atoms with Gasteiger partial charge in [-0.25, -0.2) is 0 Å². The molecule has 0 heterocycles. The first-order valence-electron chi connectivity index (χ1n) is 5.37. The van der Waals surface area contributed by atoms with Gasteiger partial charge in [-0.05, 0) is 13.0 Å². The summed E-state index contributed by atoms with van der Waals surface area (Å²) in [6.45, 7) is 1.35. The number of aliphatic hydroxyl groups excluding tert-OH is 1. The Balaban J connectivity index is 3.03. The lowest BCUT2D eigenvalue weighted by molar-refractivity contribution is -0.275. The Labute approximate surface area is 107 Å². The average Bonchev–Trinajstić information content (AvgIpc) is 2.35. The van der Waals surface area contributed by atoms with Crippen LogP contribution in [0.4, 0.5) is 13.2 Å². The van der Waals surface area contributed by atoms with Gasteiger partial charge in [0.1, 0.15) is 5.75 Å². The molecule has 19 heavy (non-hydrogen) atoms. The van der Waals surface area contributed by atoms with Crippen LogP contribution in [-0.2, 0) is 9.53 Å². The van der Waals surface area contributed by atoms with E-state index in [9.17, 15) is 23.1 Å². The molecule has 1 aromatic carbocycles. The molecule has 0 aliphatic carbocycles. The normalized spacial score (nSPS) is 14.6. The van der Waals surface area contributed by atoms with Gasteiger partial charge < -0.3 is 14.6 Å². The molecular formula is C12H13F3O4. The van der Waals surface area contributed by atoms with Gasteiger partial charge in [-0.15, -0.1) is 13.2 Å². The molecule has 0 aliphatic rings. The van der Waals surface area contributed by atoms with Crippen molar-refractivity contribution in [2.75, 3.05) is 7.11 Å². The molecule has 0 aromatic heterocycles. The fourth-order valence-electron chi connectivity index (χ4n) is 1.53. The molecule has 7 heteroatoms. The van der Waals surface area contributed by atoms with E-state index in [4.69, 9.17) is 0 Å². The summed E-state index contributed by atoms with van der Waals surface area (Å²) in [6.07, 6.45) is -6.32. The van der Waals surface area contributed by atoms with Crippen LogP contribution in [0.25, 0.3) is 0 Å². The zero-order valence-electron chi connectivity index (χ0n) is 10.3. The van der Waals surface area contributed by atoms with Crippen molar-refractivity contribution in [1.82, 2.24) is 0 Å². The first-order chi connectivity index (χ1) is 8.76. The lowest BCUT2D eigenvalue weighted by Crippen LogP contribution is -2.23. The van der Waals surface area contributed by atoms with Gasteiger partial charge >= 0.3 is 12.3 Å². The molecule has 0 spiro atoms. The van der Waals surface area contributed by atoms with Gasteiger partial charge in [0.15, 0.2) is 0 Å². The number of carbonyl (C=O) groups excluding carboxylic acids is 1. The number of alkyl halides is 3. The number of methoxy groups -OCH3 is 1. The molecular weight excluding hydrogens is 265 g/mol. The molecule has 0 radical (unpaired) electrons. The number of carbonyl (C=O) groups is 1. The third-order valence-electron chi connectivity index (χ3n) is 2.51. The summed E-state index contributed by atoms with van der Waals surface area (Å²) >= 11 is 0. The number of aliphatic hydroxyl groups is 1. The summed E-state index contributed by atoms with van der Waals surface area (Å²) in [5.41, 5.74) is -0.127. The lowest BCUT2D eigenvalue weighted by atomic mass is 9.97. The Hall–Kier alpha value is -1.76. The first kappa shape index (κ1) is 15.3. The second-order valence-corrected chi connectivity index (χ2v) is 3.84. The number of halogens is 3. The van der Waals surface area contributed by atoms with E-state index in [2.05, 4.69) is 9.47 Å². The summed E-state index contributed by atoms with van der Waals surface area (Å²) in [7, 11) is 1.13. The van der Waals surface area contributed by atoms with Crippen molar-refractivity contribution >= 4 is 5.97 Å². The van der Waals surface area contributed by atoms with E-state index >= 15 is 0 Å². The van der Waals surface area contributed by atoms with Crippen LogP contribution in [0.15, 0.2) is 24.3 Å². The van der Waals surface area contributed by atoms with Crippen molar-refractivity contribution in [3.05, 3.63) is 29.8 Å². The van der Waals surface area contributed by atoms with Crippen molar-refractivity contribution in [1.29, 1.82) is 0 Å². The lowest BCUT2D eigenvalue weighted by Gasteiger charge is -2.20. The van der Waals surface area contributed by atoms with Gasteiger partial charge in [0.05, 0.1) is 19.1 Å². The fourth-order valence-corrected chi connectivity index (χ4v) is 1.53. The molecule has 0 saturated carbocycles.